The highest BCUT2D eigenvalue weighted by Crippen LogP contribution is 2.37. The van der Waals surface area contributed by atoms with E-state index in [9.17, 15) is 13.2 Å². The number of nitrogens with two attached hydrogens (primary N) is 1. The maximum atomic E-state index is 13.5. The lowest BCUT2D eigenvalue weighted by atomic mass is 9.94. The van der Waals surface area contributed by atoms with Gasteiger partial charge in [0.15, 0.2) is 0 Å². The van der Waals surface area contributed by atoms with Gasteiger partial charge in [0.2, 0.25) is 0 Å². The fraction of sp³-hybridized carbons (Fsp3) is 0.346. The summed E-state index contributed by atoms with van der Waals surface area (Å²) in [4.78, 5) is 0. The topological polar surface area (TPSA) is 61.9 Å². The van der Waals surface area contributed by atoms with Gasteiger partial charge in [-0.2, -0.15) is 13.2 Å². The second-order valence-electron chi connectivity index (χ2n) is 7.45. The quantitative estimate of drug-likeness (QED) is 0.311. The van der Waals surface area contributed by atoms with Gasteiger partial charge in [0, 0.05) is 5.69 Å². The van der Waals surface area contributed by atoms with Crippen LogP contribution in [0.3, 0.4) is 0 Å². The van der Waals surface area contributed by atoms with Crippen LogP contribution in [-0.4, -0.2) is 12.0 Å². The Labute approximate surface area is 190 Å². The first-order valence-corrected chi connectivity index (χ1v) is 10.6. The Morgan fingerprint density at radius 3 is 1.91 bits per heavy atom. The van der Waals surface area contributed by atoms with Gasteiger partial charge in [-0.15, -0.1) is 0 Å². The van der Waals surface area contributed by atoms with Crippen LogP contribution in [0, 0.1) is 19.3 Å². The fourth-order valence-electron chi connectivity index (χ4n) is 2.61. The number of aryl methyl sites for hydroxylation is 2. The number of hydrogen-bond donors (Lipinski definition) is 3. The average Bonchev–Trinajstić information content (AvgIpc) is 2.68. The molecule has 0 radical (unpaired) electrons. The molecule has 0 aliphatic rings. The minimum Gasteiger partial charge on any atom is -0.388 e. The zero-order chi connectivity index (χ0) is 24.7. The number of benzene rings is 2. The molecule has 2 aromatic rings. The van der Waals surface area contributed by atoms with Crippen molar-refractivity contribution in [1.82, 2.24) is 0 Å². The van der Waals surface area contributed by atoms with E-state index >= 15 is 0 Å². The number of hydrogen-bond acceptors (Lipinski definition) is 2. The summed E-state index contributed by atoms with van der Waals surface area (Å²) in [5.74, 6) is -1.46. The van der Waals surface area contributed by atoms with Crippen LogP contribution >= 0.6 is 0 Å². The Hall–Kier alpha value is -3.02. The van der Waals surface area contributed by atoms with Crippen molar-refractivity contribution in [3.63, 3.8) is 0 Å². The first kappa shape index (κ1) is 29.0. The normalized spacial score (nSPS) is 11.5. The van der Waals surface area contributed by atoms with Gasteiger partial charge in [-0.25, -0.2) is 0 Å². The van der Waals surface area contributed by atoms with E-state index in [-0.39, 0.29) is 11.4 Å². The third-order valence-corrected chi connectivity index (χ3v) is 4.12. The summed E-state index contributed by atoms with van der Waals surface area (Å²) in [5.41, 5.74) is 8.16. The molecule has 0 aliphatic carbocycles. The van der Waals surface area contributed by atoms with Crippen molar-refractivity contribution in [2.24, 2.45) is 5.73 Å². The van der Waals surface area contributed by atoms with Crippen molar-refractivity contribution in [2.45, 2.75) is 59.6 Å². The Morgan fingerprint density at radius 1 is 1.06 bits per heavy atom. The zero-order valence-corrected chi connectivity index (χ0v) is 19.7. The van der Waals surface area contributed by atoms with E-state index in [4.69, 9.17) is 11.1 Å². The molecule has 0 aliphatic heterocycles. The van der Waals surface area contributed by atoms with Crippen LogP contribution in [0.25, 0.3) is 6.08 Å². The van der Waals surface area contributed by atoms with E-state index < -0.39 is 12.1 Å². The monoisotopic (exact) mass is 447 g/mol. The zero-order valence-electron chi connectivity index (χ0n) is 19.7. The highest BCUT2D eigenvalue weighted by molar-refractivity contribution is 5.73. The number of unbranched alkanes of at least 4 members (excludes halogenated alkanes) is 1. The fourth-order valence-corrected chi connectivity index (χ4v) is 2.61. The minimum absolute atomic E-state index is 0.167. The van der Waals surface area contributed by atoms with Crippen LogP contribution in [0.2, 0.25) is 0 Å². The van der Waals surface area contributed by atoms with Gasteiger partial charge < -0.3 is 11.1 Å². The van der Waals surface area contributed by atoms with Crippen LogP contribution in [0.4, 0.5) is 18.9 Å². The summed E-state index contributed by atoms with van der Waals surface area (Å²) in [6, 6.07) is 12.2. The lowest BCUT2D eigenvalue weighted by Gasteiger charge is -2.18. The molecule has 0 heterocycles. The largest absolute Gasteiger partial charge is 0.399 e. The SMILES string of the molecule is C=CNc1ccc(/C=C/C(c2cc(C)cc(C)c2)C(F)(F)F)cc1.CC(=N)N.CCCC. The molecule has 2 rings (SSSR count). The van der Waals surface area contributed by atoms with Crippen LogP contribution < -0.4 is 11.1 Å². The predicted octanol–water partition coefficient (Wildman–Crippen LogP) is 7.97. The summed E-state index contributed by atoms with van der Waals surface area (Å²) < 4.78 is 40.4. The van der Waals surface area contributed by atoms with Crippen LogP contribution in [0.1, 0.15) is 61.8 Å². The third kappa shape index (κ3) is 12.6. The highest BCUT2D eigenvalue weighted by Gasteiger charge is 2.38. The summed E-state index contributed by atoms with van der Waals surface area (Å²) >= 11 is 0. The van der Waals surface area contributed by atoms with Crippen LogP contribution in [-0.2, 0) is 0 Å². The first-order valence-electron chi connectivity index (χ1n) is 10.6. The molecule has 0 saturated heterocycles. The van der Waals surface area contributed by atoms with E-state index in [0.717, 1.165) is 16.8 Å². The summed E-state index contributed by atoms with van der Waals surface area (Å²) in [7, 11) is 0. The number of halogens is 3. The molecule has 0 bridgehead atoms. The summed E-state index contributed by atoms with van der Waals surface area (Å²) in [6.07, 6.45) is 2.57. The third-order valence-electron chi connectivity index (χ3n) is 4.12. The van der Waals surface area contributed by atoms with E-state index in [0.29, 0.717) is 5.56 Å². The van der Waals surface area contributed by atoms with Crippen molar-refractivity contribution in [3.8, 4) is 0 Å². The van der Waals surface area contributed by atoms with Gasteiger partial charge in [0.1, 0.15) is 0 Å². The predicted molar refractivity (Wildman–Crippen MR) is 132 cm³/mol. The first-order chi connectivity index (χ1) is 14.9. The molecule has 0 aromatic heterocycles. The van der Waals surface area contributed by atoms with E-state index in [1.165, 1.54) is 31.9 Å². The summed E-state index contributed by atoms with van der Waals surface area (Å²) in [5, 5.41) is 9.20. The molecule has 0 amide bonds. The molecule has 1 unspecified atom stereocenters. The number of rotatable bonds is 6. The minimum atomic E-state index is -4.33. The molecule has 2 aromatic carbocycles. The number of anilines is 1. The molecule has 4 N–H and O–H groups in total. The van der Waals surface area contributed by atoms with E-state index in [2.05, 4.69) is 25.7 Å². The van der Waals surface area contributed by atoms with Crippen molar-refractivity contribution >= 4 is 17.6 Å². The van der Waals surface area contributed by atoms with Gasteiger partial charge >= 0.3 is 6.18 Å². The van der Waals surface area contributed by atoms with Crippen molar-refractivity contribution in [1.29, 1.82) is 5.41 Å². The second-order valence-corrected chi connectivity index (χ2v) is 7.45. The van der Waals surface area contributed by atoms with Gasteiger partial charge in [-0.05, 0) is 50.2 Å². The van der Waals surface area contributed by atoms with Crippen LogP contribution in [0.15, 0.2) is 61.3 Å². The van der Waals surface area contributed by atoms with Gasteiger partial charge in [0.25, 0.3) is 0 Å². The molecule has 0 saturated carbocycles. The molecule has 0 spiro atoms. The Morgan fingerprint density at radius 2 is 1.53 bits per heavy atom. The number of amidine groups is 1. The molecule has 176 valence electrons. The molecule has 3 nitrogen and oxygen atoms in total. The van der Waals surface area contributed by atoms with E-state index in [1.54, 1.807) is 56.4 Å². The van der Waals surface area contributed by atoms with Crippen molar-refractivity contribution in [2.75, 3.05) is 5.32 Å². The number of alkyl halides is 3. The molecular formula is C26H36F3N3. The molecule has 1 atom stereocenters. The Kier molecular flexibility index (Phi) is 13.5. The van der Waals surface area contributed by atoms with Crippen molar-refractivity contribution in [3.05, 3.63) is 83.6 Å². The lowest BCUT2D eigenvalue weighted by Crippen LogP contribution is -2.19. The van der Waals surface area contributed by atoms with Crippen LogP contribution in [0.5, 0.6) is 0 Å². The maximum absolute atomic E-state index is 13.5. The lowest BCUT2D eigenvalue weighted by molar-refractivity contribution is -0.139. The standard InChI is InChI=1S/C20H20F3N.C4H10.C2H6N2/c1-4-24-18-8-5-16(6-9-18)7-10-19(20(21,22)23)17-12-14(2)11-15(3)13-17;1-3-4-2;1-2(3)4/h4-13,19,24H,1H2,2-3H3;3-4H2,1-2H3;1H3,(H3,3,4)/b10-7+;;. The average molecular weight is 448 g/mol. The van der Waals surface area contributed by atoms with Gasteiger partial charge in [-0.3, -0.25) is 5.41 Å². The molecule has 32 heavy (non-hydrogen) atoms. The van der Waals surface area contributed by atoms with Crippen molar-refractivity contribution < 1.29 is 13.2 Å². The Bertz CT molecular complexity index is 827. The second kappa shape index (κ2) is 14.9. The van der Waals surface area contributed by atoms with E-state index in [1.807, 2.05) is 6.07 Å². The van der Waals surface area contributed by atoms with Gasteiger partial charge in [-0.1, -0.05) is 86.9 Å². The molecule has 0 fully saturated rings. The highest BCUT2D eigenvalue weighted by atomic mass is 19.4. The van der Waals surface area contributed by atoms with Gasteiger partial charge in [0.05, 0.1) is 11.8 Å². The Balaban J connectivity index is 0.00000104. The number of nitrogens with one attached hydrogen (secondary N) is 2. The maximum Gasteiger partial charge on any atom is 0.399 e. The molecular weight excluding hydrogens is 411 g/mol. The summed E-state index contributed by atoms with van der Waals surface area (Å²) in [6.45, 7) is 13.1. The number of allylic oxidation sites excluding steroid dienone is 1. The molecule has 6 heteroatoms. The smallest absolute Gasteiger partial charge is 0.388 e.